The zero-order chi connectivity index (χ0) is 25.1. The zero-order valence-corrected chi connectivity index (χ0v) is 20.5. The Morgan fingerprint density at radius 3 is 2.28 bits per heavy atom. The number of rotatable bonds is 4. The summed E-state index contributed by atoms with van der Waals surface area (Å²) >= 11 is 0. The van der Waals surface area contributed by atoms with Gasteiger partial charge in [0.15, 0.2) is 5.65 Å². The number of nitrogens with zero attached hydrogens (tertiary/aromatic N) is 4. The molecule has 3 aromatic heterocycles. The van der Waals surface area contributed by atoms with Gasteiger partial charge in [-0.25, -0.2) is 13.8 Å². The van der Waals surface area contributed by atoms with Gasteiger partial charge in [-0.2, -0.15) is 0 Å². The Kier molecular flexibility index (Phi) is 7.16. The standard InChI is InChI=1S/C23H26N4O.C6H4F2/c1-15-13-25-20-12-19(16-6-3-2-4-7-16)23(28)27(22(20)26-15)14-21-18(17-9-10-17)8-5-11-24-21;7-5-2-1-3-6(8)4-5/h5,8,11-13,16-17H,2-4,6-7,9-10,14H2,1H3;1-4H. The molecule has 0 bridgehead atoms. The maximum Gasteiger partial charge on any atom is 0.256 e. The molecule has 2 aliphatic rings. The normalized spacial score (nSPS) is 16.0. The van der Waals surface area contributed by atoms with Crippen LogP contribution in [-0.4, -0.2) is 19.5 Å². The first-order valence-electron chi connectivity index (χ1n) is 12.7. The molecule has 0 amide bonds. The van der Waals surface area contributed by atoms with Crippen molar-refractivity contribution in [1.82, 2.24) is 19.5 Å². The fourth-order valence-electron chi connectivity index (χ4n) is 5.05. The molecule has 0 aliphatic heterocycles. The van der Waals surface area contributed by atoms with E-state index in [0.29, 0.717) is 24.0 Å². The Morgan fingerprint density at radius 1 is 0.889 bits per heavy atom. The Balaban J connectivity index is 0.000000286. The molecule has 2 aliphatic carbocycles. The van der Waals surface area contributed by atoms with Crippen molar-refractivity contribution < 1.29 is 8.78 Å². The van der Waals surface area contributed by atoms with Crippen LogP contribution >= 0.6 is 0 Å². The van der Waals surface area contributed by atoms with Crippen LogP contribution in [0.3, 0.4) is 0 Å². The summed E-state index contributed by atoms with van der Waals surface area (Å²) in [6.07, 6.45) is 11.9. The molecule has 0 N–H and O–H groups in total. The SMILES string of the molecule is Cc1cnc2cc(C3CCCCC3)c(=O)n(Cc3ncccc3C3CC3)c2n1.Fc1cccc(F)c1. The summed E-state index contributed by atoms with van der Waals surface area (Å²) in [6, 6.07) is 10.7. The maximum absolute atomic E-state index is 13.6. The van der Waals surface area contributed by atoms with Crippen LogP contribution in [0.25, 0.3) is 11.2 Å². The highest BCUT2D eigenvalue weighted by Crippen LogP contribution is 2.41. The van der Waals surface area contributed by atoms with Crippen molar-refractivity contribution in [2.75, 3.05) is 0 Å². The van der Waals surface area contributed by atoms with Crippen LogP contribution in [0.4, 0.5) is 8.78 Å². The van der Waals surface area contributed by atoms with Crippen molar-refractivity contribution in [3.8, 4) is 0 Å². The molecule has 4 aromatic rings. The average molecular weight is 489 g/mol. The molecule has 6 rings (SSSR count). The zero-order valence-electron chi connectivity index (χ0n) is 20.5. The lowest BCUT2D eigenvalue weighted by Crippen LogP contribution is -2.28. The van der Waals surface area contributed by atoms with Crippen LogP contribution in [0.5, 0.6) is 0 Å². The van der Waals surface area contributed by atoms with Gasteiger partial charge in [-0.1, -0.05) is 31.4 Å². The average Bonchev–Trinajstić information content (AvgIpc) is 3.72. The summed E-state index contributed by atoms with van der Waals surface area (Å²) in [7, 11) is 0. The highest BCUT2D eigenvalue weighted by molar-refractivity contribution is 5.71. The first-order chi connectivity index (χ1) is 17.5. The number of halogens is 2. The summed E-state index contributed by atoms with van der Waals surface area (Å²) in [5, 5.41) is 0. The molecule has 186 valence electrons. The second-order valence-electron chi connectivity index (χ2n) is 9.80. The third-order valence-electron chi connectivity index (χ3n) is 7.02. The smallest absolute Gasteiger partial charge is 0.256 e. The molecular weight excluding hydrogens is 458 g/mol. The Labute approximate surface area is 209 Å². The van der Waals surface area contributed by atoms with E-state index < -0.39 is 11.6 Å². The van der Waals surface area contributed by atoms with Gasteiger partial charge in [0, 0.05) is 24.0 Å². The van der Waals surface area contributed by atoms with Gasteiger partial charge >= 0.3 is 0 Å². The van der Waals surface area contributed by atoms with Gasteiger partial charge in [0.1, 0.15) is 17.2 Å². The molecule has 5 nitrogen and oxygen atoms in total. The van der Waals surface area contributed by atoms with Crippen molar-refractivity contribution >= 4 is 11.2 Å². The molecule has 0 atom stereocenters. The maximum atomic E-state index is 13.6. The summed E-state index contributed by atoms with van der Waals surface area (Å²) in [4.78, 5) is 27.5. The van der Waals surface area contributed by atoms with Crippen molar-refractivity contribution in [1.29, 1.82) is 0 Å². The largest absolute Gasteiger partial charge is 0.285 e. The number of aryl methyl sites for hydroxylation is 1. The minimum atomic E-state index is -0.537. The summed E-state index contributed by atoms with van der Waals surface area (Å²) in [6.45, 7) is 2.40. The third kappa shape index (κ3) is 5.50. The van der Waals surface area contributed by atoms with Crippen LogP contribution in [0.15, 0.2) is 59.7 Å². The molecule has 0 radical (unpaired) electrons. The van der Waals surface area contributed by atoms with E-state index in [9.17, 15) is 13.6 Å². The van der Waals surface area contributed by atoms with Gasteiger partial charge < -0.3 is 0 Å². The number of hydrogen-bond donors (Lipinski definition) is 0. The molecule has 7 heteroatoms. The minimum Gasteiger partial charge on any atom is -0.285 e. The number of benzene rings is 1. The molecule has 1 aromatic carbocycles. The van der Waals surface area contributed by atoms with Gasteiger partial charge in [0.2, 0.25) is 0 Å². The molecule has 0 unspecified atom stereocenters. The molecule has 0 saturated heterocycles. The second kappa shape index (κ2) is 10.6. The van der Waals surface area contributed by atoms with Crippen molar-refractivity contribution in [2.24, 2.45) is 0 Å². The van der Waals surface area contributed by atoms with Crippen LogP contribution in [0, 0.1) is 18.6 Å². The van der Waals surface area contributed by atoms with Gasteiger partial charge in [0.05, 0.1) is 17.9 Å². The van der Waals surface area contributed by atoms with Gasteiger partial charge in [-0.3, -0.25) is 19.3 Å². The highest BCUT2D eigenvalue weighted by Gasteiger charge is 2.27. The Morgan fingerprint density at radius 2 is 1.61 bits per heavy atom. The molecule has 2 fully saturated rings. The molecular formula is C29H30F2N4O. The summed E-state index contributed by atoms with van der Waals surface area (Å²) in [5.41, 5.74) is 5.60. The van der Waals surface area contributed by atoms with Crippen molar-refractivity contribution in [3.63, 3.8) is 0 Å². The first-order valence-corrected chi connectivity index (χ1v) is 12.7. The second-order valence-corrected chi connectivity index (χ2v) is 9.80. The van der Waals surface area contributed by atoms with E-state index in [2.05, 4.69) is 21.0 Å². The quantitative estimate of drug-likeness (QED) is 0.332. The third-order valence-corrected chi connectivity index (χ3v) is 7.02. The number of hydrogen-bond acceptors (Lipinski definition) is 4. The topological polar surface area (TPSA) is 60.7 Å². The van der Waals surface area contributed by atoms with E-state index in [1.807, 2.05) is 29.8 Å². The van der Waals surface area contributed by atoms with E-state index in [4.69, 9.17) is 0 Å². The number of pyridine rings is 2. The van der Waals surface area contributed by atoms with E-state index in [-0.39, 0.29) is 5.56 Å². The summed E-state index contributed by atoms with van der Waals surface area (Å²) in [5.74, 6) is -0.137. The fraction of sp³-hybridized carbons (Fsp3) is 0.379. The van der Waals surface area contributed by atoms with Crippen molar-refractivity contribution in [3.05, 3.63) is 99.4 Å². The first kappa shape index (κ1) is 24.2. The summed E-state index contributed by atoms with van der Waals surface area (Å²) < 4.78 is 25.7. The predicted octanol–water partition coefficient (Wildman–Crippen LogP) is 6.43. The molecule has 3 heterocycles. The predicted molar refractivity (Wildman–Crippen MR) is 136 cm³/mol. The minimum absolute atomic E-state index is 0.0895. The van der Waals surface area contributed by atoms with Crippen LogP contribution < -0.4 is 5.56 Å². The van der Waals surface area contributed by atoms with E-state index in [1.165, 1.54) is 55.9 Å². The van der Waals surface area contributed by atoms with Crippen molar-refractivity contribution in [2.45, 2.75) is 70.3 Å². The molecule has 36 heavy (non-hydrogen) atoms. The van der Waals surface area contributed by atoms with Crippen LogP contribution in [0.1, 0.15) is 79.3 Å². The van der Waals surface area contributed by atoms with Gasteiger partial charge in [-0.05, 0) is 74.3 Å². The van der Waals surface area contributed by atoms with E-state index in [0.717, 1.165) is 41.4 Å². The van der Waals surface area contributed by atoms with Gasteiger partial charge in [0.25, 0.3) is 5.56 Å². The van der Waals surface area contributed by atoms with Gasteiger partial charge in [-0.15, -0.1) is 0 Å². The molecule has 0 spiro atoms. The fourth-order valence-corrected chi connectivity index (χ4v) is 5.05. The van der Waals surface area contributed by atoms with Crippen LogP contribution in [-0.2, 0) is 6.54 Å². The monoisotopic (exact) mass is 488 g/mol. The number of fused-ring (bicyclic) bond motifs is 1. The van der Waals surface area contributed by atoms with E-state index >= 15 is 0 Å². The van der Waals surface area contributed by atoms with E-state index in [1.54, 1.807) is 6.20 Å². The number of aromatic nitrogens is 4. The highest BCUT2D eigenvalue weighted by atomic mass is 19.1. The Bertz CT molecular complexity index is 1410. The lowest BCUT2D eigenvalue weighted by molar-refractivity contribution is 0.439. The Hall–Kier alpha value is -3.48. The lowest BCUT2D eigenvalue weighted by Gasteiger charge is -2.23. The lowest BCUT2D eigenvalue weighted by atomic mass is 9.84. The van der Waals surface area contributed by atoms with Crippen LogP contribution in [0.2, 0.25) is 0 Å². The molecule has 2 saturated carbocycles.